The van der Waals surface area contributed by atoms with Gasteiger partial charge < -0.3 is 19.3 Å². The molecule has 0 bridgehead atoms. The number of anilines is 1. The minimum Gasteiger partial charge on any atom is -0.497 e. The zero-order chi connectivity index (χ0) is 25.2. The molecule has 36 heavy (non-hydrogen) atoms. The number of hydrogen-bond donors (Lipinski definition) is 1. The molecule has 4 aromatic rings. The number of urea groups is 1. The van der Waals surface area contributed by atoms with Crippen LogP contribution in [0, 0.1) is 5.82 Å². The van der Waals surface area contributed by atoms with E-state index in [1.54, 1.807) is 44.6 Å². The van der Waals surface area contributed by atoms with Crippen molar-refractivity contribution in [2.24, 2.45) is 0 Å². The number of allylic oxidation sites excluding steroid dienone is 1. The highest BCUT2D eigenvalue weighted by molar-refractivity contribution is 6.01. The average Bonchev–Trinajstić information content (AvgIpc) is 3.38. The SMILES string of the molecule is COc1ccc(C2NC(=O)N(c3cccc(OC)c3)C(C)=C2c2nc(-c3cccc(F)c3)no2)cc1. The van der Waals surface area contributed by atoms with Crippen molar-refractivity contribution in [2.75, 3.05) is 19.1 Å². The number of aromatic nitrogens is 2. The molecule has 182 valence electrons. The van der Waals surface area contributed by atoms with Gasteiger partial charge in [-0.2, -0.15) is 4.98 Å². The summed E-state index contributed by atoms with van der Waals surface area (Å²) in [6.45, 7) is 1.82. The van der Waals surface area contributed by atoms with Crippen LogP contribution in [0.4, 0.5) is 14.9 Å². The second-order valence-corrected chi connectivity index (χ2v) is 8.13. The molecule has 1 aliphatic rings. The topological polar surface area (TPSA) is 89.7 Å². The molecule has 0 spiro atoms. The van der Waals surface area contributed by atoms with Gasteiger partial charge in [-0.3, -0.25) is 4.90 Å². The van der Waals surface area contributed by atoms with E-state index in [1.807, 2.05) is 37.3 Å². The van der Waals surface area contributed by atoms with E-state index in [1.165, 1.54) is 17.0 Å². The summed E-state index contributed by atoms with van der Waals surface area (Å²) >= 11 is 0. The predicted octanol–water partition coefficient (Wildman–Crippen LogP) is 5.60. The number of methoxy groups -OCH3 is 2. The fourth-order valence-corrected chi connectivity index (χ4v) is 4.20. The van der Waals surface area contributed by atoms with Crippen LogP contribution in [-0.2, 0) is 0 Å². The van der Waals surface area contributed by atoms with Crippen LogP contribution >= 0.6 is 0 Å². The van der Waals surface area contributed by atoms with Gasteiger partial charge in [-0.15, -0.1) is 0 Å². The first kappa shape index (κ1) is 23.1. The fourth-order valence-electron chi connectivity index (χ4n) is 4.20. The Morgan fingerprint density at radius 3 is 2.44 bits per heavy atom. The van der Waals surface area contributed by atoms with E-state index in [0.29, 0.717) is 34.0 Å². The largest absolute Gasteiger partial charge is 0.497 e. The summed E-state index contributed by atoms with van der Waals surface area (Å²) in [5.74, 6) is 1.34. The van der Waals surface area contributed by atoms with Crippen LogP contribution < -0.4 is 19.7 Å². The number of rotatable bonds is 6. The monoisotopic (exact) mass is 486 g/mol. The number of carbonyl (C=O) groups excluding carboxylic acids is 1. The molecule has 0 saturated heterocycles. The van der Waals surface area contributed by atoms with Gasteiger partial charge in [-0.05, 0) is 48.9 Å². The van der Waals surface area contributed by atoms with Crippen LogP contribution in [0.2, 0.25) is 0 Å². The second-order valence-electron chi connectivity index (χ2n) is 8.13. The first-order valence-corrected chi connectivity index (χ1v) is 11.2. The number of nitrogens with one attached hydrogen (secondary N) is 1. The second kappa shape index (κ2) is 9.53. The van der Waals surface area contributed by atoms with Crippen molar-refractivity contribution in [1.29, 1.82) is 0 Å². The smallest absolute Gasteiger partial charge is 0.327 e. The maximum Gasteiger partial charge on any atom is 0.327 e. The normalized spacial score (nSPS) is 15.6. The lowest BCUT2D eigenvalue weighted by Crippen LogP contribution is -2.46. The van der Waals surface area contributed by atoms with Crippen LogP contribution in [-0.4, -0.2) is 30.4 Å². The highest BCUT2D eigenvalue weighted by Gasteiger charge is 2.36. The summed E-state index contributed by atoms with van der Waals surface area (Å²) in [6, 6.07) is 19.6. The molecule has 5 rings (SSSR count). The lowest BCUT2D eigenvalue weighted by Gasteiger charge is -2.35. The van der Waals surface area contributed by atoms with Gasteiger partial charge in [0.2, 0.25) is 5.82 Å². The van der Waals surface area contributed by atoms with Gasteiger partial charge in [-0.25, -0.2) is 9.18 Å². The van der Waals surface area contributed by atoms with Gasteiger partial charge in [0.1, 0.15) is 17.3 Å². The van der Waals surface area contributed by atoms with Crippen molar-refractivity contribution in [1.82, 2.24) is 15.5 Å². The highest BCUT2D eigenvalue weighted by Crippen LogP contribution is 2.40. The Labute approximate surface area is 207 Å². The summed E-state index contributed by atoms with van der Waals surface area (Å²) in [5.41, 5.74) is 3.10. The van der Waals surface area contributed by atoms with Gasteiger partial charge in [0.05, 0.1) is 31.5 Å². The first-order chi connectivity index (χ1) is 17.5. The van der Waals surface area contributed by atoms with E-state index in [9.17, 15) is 9.18 Å². The molecule has 1 aliphatic heterocycles. The van der Waals surface area contributed by atoms with Gasteiger partial charge in [0.25, 0.3) is 5.89 Å². The lowest BCUT2D eigenvalue weighted by molar-refractivity contribution is 0.244. The molecule has 1 N–H and O–H groups in total. The van der Waals surface area contributed by atoms with Crippen molar-refractivity contribution in [3.8, 4) is 22.9 Å². The Balaban J connectivity index is 1.65. The molecule has 8 nitrogen and oxygen atoms in total. The number of carbonyl (C=O) groups is 1. The molecule has 0 saturated carbocycles. The van der Waals surface area contributed by atoms with Crippen molar-refractivity contribution < 1.29 is 23.2 Å². The maximum absolute atomic E-state index is 13.8. The minimum absolute atomic E-state index is 0.209. The molecule has 2 amide bonds. The molecular weight excluding hydrogens is 463 g/mol. The number of halogens is 1. The number of hydrogen-bond acceptors (Lipinski definition) is 6. The third kappa shape index (κ3) is 4.26. The van der Waals surface area contributed by atoms with Crippen LogP contribution in [0.25, 0.3) is 17.0 Å². The minimum atomic E-state index is -0.578. The summed E-state index contributed by atoms with van der Waals surface area (Å²) in [5, 5.41) is 7.13. The molecule has 9 heteroatoms. The summed E-state index contributed by atoms with van der Waals surface area (Å²) in [6.07, 6.45) is 0. The van der Waals surface area contributed by atoms with Gasteiger partial charge in [-0.1, -0.05) is 35.5 Å². The standard InChI is InChI=1S/C27H23FN4O4/c1-16-23(26-30-25(31-36-26)18-6-4-7-19(28)14-18)24(17-10-12-21(34-2)13-11-17)29-27(33)32(16)20-8-5-9-22(15-20)35-3/h4-15,24H,1-3H3,(H,29,33). The third-order valence-corrected chi connectivity index (χ3v) is 5.98. The van der Waals surface area contributed by atoms with E-state index < -0.39 is 11.9 Å². The summed E-state index contributed by atoms with van der Waals surface area (Å²) in [4.78, 5) is 19.5. The predicted molar refractivity (Wildman–Crippen MR) is 132 cm³/mol. The Morgan fingerprint density at radius 1 is 0.972 bits per heavy atom. The van der Waals surface area contributed by atoms with Crippen molar-refractivity contribution in [3.05, 3.63) is 95.8 Å². The highest BCUT2D eigenvalue weighted by atomic mass is 19.1. The summed E-state index contributed by atoms with van der Waals surface area (Å²) in [7, 11) is 3.15. The Bertz CT molecular complexity index is 1450. The fraction of sp³-hybridized carbons (Fsp3) is 0.148. The van der Waals surface area contributed by atoms with E-state index in [-0.39, 0.29) is 17.7 Å². The van der Waals surface area contributed by atoms with Crippen molar-refractivity contribution >= 4 is 17.3 Å². The van der Waals surface area contributed by atoms with E-state index >= 15 is 0 Å². The van der Waals surface area contributed by atoms with Crippen molar-refractivity contribution in [2.45, 2.75) is 13.0 Å². The Hall–Kier alpha value is -4.66. The van der Waals surface area contributed by atoms with Gasteiger partial charge in [0, 0.05) is 17.3 Å². The Morgan fingerprint density at radius 2 is 1.72 bits per heavy atom. The van der Waals surface area contributed by atoms with Gasteiger partial charge in [0.15, 0.2) is 0 Å². The molecule has 2 heterocycles. The molecule has 0 aliphatic carbocycles. The molecule has 1 unspecified atom stereocenters. The van der Waals surface area contributed by atoms with Crippen LogP contribution in [0.15, 0.2) is 83.0 Å². The molecular formula is C27H23FN4O4. The summed E-state index contributed by atoms with van der Waals surface area (Å²) < 4.78 is 30.1. The molecule has 1 atom stereocenters. The molecule has 0 radical (unpaired) electrons. The zero-order valence-corrected chi connectivity index (χ0v) is 19.9. The number of amides is 2. The van der Waals surface area contributed by atoms with Crippen molar-refractivity contribution in [3.63, 3.8) is 0 Å². The van der Waals surface area contributed by atoms with E-state index in [0.717, 1.165) is 5.56 Å². The maximum atomic E-state index is 13.8. The lowest BCUT2D eigenvalue weighted by atomic mass is 9.94. The van der Waals surface area contributed by atoms with Crippen LogP contribution in [0.3, 0.4) is 0 Å². The first-order valence-electron chi connectivity index (χ1n) is 11.2. The number of benzene rings is 3. The van der Waals surface area contributed by atoms with E-state index in [4.69, 9.17) is 14.0 Å². The third-order valence-electron chi connectivity index (χ3n) is 5.98. The van der Waals surface area contributed by atoms with Crippen LogP contribution in [0.1, 0.15) is 24.4 Å². The number of nitrogens with zero attached hydrogens (tertiary/aromatic N) is 3. The number of ether oxygens (including phenoxy) is 2. The van der Waals surface area contributed by atoms with E-state index in [2.05, 4.69) is 15.5 Å². The van der Waals surface area contributed by atoms with Gasteiger partial charge >= 0.3 is 6.03 Å². The molecule has 3 aromatic carbocycles. The zero-order valence-electron chi connectivity index (χ0n) is 19.9. The Kier molecular flexibility index (Phi) is 6.12. The molecule has 1 aromatic heterocycles. The quantitative estimate of drug-likeness (QED) is 0.382. The molecule has 0 fully saturated rings. The van der Waals surface area contributed by atoms with Crippen LogP contribution in [0.5, 0.6) is 11.5 Å². The average molecular weight is 487 g/mol.